The van der Waals surface area contributed by atoms with Gasteiger partial charge < -0.3 is 0 Å². The molecule has 0 bridgehead atoms. The molecule has 0 aliphatic carbocycles. The summed E-state index contributed by atoms with van der Waals surface area (Å²) < 4.78 is 0. The largest absolute Gasteiger partial charge is 0.281 e. The Hall–Kier alpha value is -2.60. The third-order valence-electron chi connectivity index (χ3n) is 2.05. The predicted octanol–water partition coefficient (Wildman–Crippen LogP) is 1.82. The van der Waals surface area contributed by atoms with Crippen molar-refractivity contribution in [2.45, 2.75) is 0 Å². The Morgan fingerprint density at radius 3 is 2.53 bits per heavy atom. The van der Waals surface area contributed by atoms with Crippen LogP contribution in [-0.2, 0) is 0 Å². The van der Waals surface area contributed by atoms with Crippen LogP contribution >= 0.6 is 0 Å². The number of hydrogen-bond acceptors (Lipinski definition) is 2. The fourth-order valence-corrected chi connectivity index (χ4v) is 1.24. The van der Waals surface area contributed by atoms with Gasteiger partial charge in [-0.05, 0) is 30.2 Å². The van der Waals surface area contributed by atoms with Crippen molar-refractivity contribution < 1.29 is 4.79 Å². The monoisotopic (exact) mass is 222 g/mol. The molecule has 0 unspecified atom stereocenters. The number of hydrogen-bond donors (Lipinski definition) is 1. The second-order valence-corrected chi connectivity index (χ2v) is 3.29. The molecule has 0 saturated carbocycles. The number of nitrogens with one attached hydrogen (secondary N) is 1. The lowest BCUT2D eigenvalue weighted by molar-refractivity contribution is 0.0968. The Labute approximate surface area is 99.5 Å². The summed E-state index contributed by atoms with van der Waals surface area (Å²) in [7, 11) is 0. The van der Waals surface area contributed by atoms with E-state index in [2.05, 4.69) is 22.3 Å². The van der Waals surface area contributed by atoms with Crippen LogP contribution in [0.3, 0.4) is 0 Å². The Balaban J connectivity index is 2.00. The van der Waals surface area contributed by atoms with Crippen LogP contribution in [0, 0.1) is 12.0 Å². The standard InChI is InChI=1S/C14H10N2O/c17-14(13-8-4-5-10-15-13)16-11-9-12-6-2-1-3-7-12/h1-8,10H,(H,16,17). The van der Waals surface area contributed by atoms with Gasteiger partial charge in [0.1, 0.15) is 5.69 Å². The van der Waals surface area contributed by atoms with Crippen molar-refractivity contribution in [2.75, 3.05) is 0 Å². The van der Waals surface area contributed by atoms with E-state index < -0.39 is 0 Å². The Morgan fingerprint density at radius 1 is 1.06 bits per heavy atom. The number of amides is 1. The van der Waals surface area contributed by atoms with Crippen molar-refractivity contribution in [3.05, 3.63) is 66.0 Å². The Kier molecular flexibility index (Phi) is 3.51. The molecule has 1 aromatic carbocycles. The van der Waals surface area contributed by atoms with E-state index in [4.69, 9.17) is 0 Å². The number of rotatable bonds is 1. The van der Waals surface area contributed by atoms with Crippen LogP contribution in [0.1, 0.15) is 16.1 Å². The smallest absolute Gasteiger partial charge is 0.279 e. The van der Waals surface area contributed by atoms with E-state index in [1.54, 1.807) is 24.4 Å². The van der Waals surface area contributed by atoms with E-state index in [1.165, 1.54) is 0 Å². The fraction of sp³-hybridized carbons (Fsp3) is 0. The number of benzene rings is 1. The molecule has 0 atom stereocenters. The van der Waals surface area contributed by atoms with Gasteiger partial charge in [-0.3, -0.25) is 15.1 Å². The van der Waals surface area contributed by atoms with Crippen LogP contribution in [0.4, 0.5) is 0 Å². The van der Waals surface area contributed by atoms with Crippen molar-refractivity contribution in [3.63, 3.8) is 0 Å². The summed E-state index contributed by atoms with van der Waals surface area (Å²) in [6.45, 7) is 0. The number of nitrogens with zero attached hydrogens (tertiary/aromatic N) is 1. The second-order valence-electron chi connectivity index (χ2n) is 3.29. The summed E-state index contributed by atoms with van der Waals surface area (Å²) in [6, 6.07) is 17.2. The molecule has 0 fully saturated rings. The number of pyridine rings is 1. The third kappa shape index (κ3) is 3.18. The van der Waals surface area contributed by atoms with Crippen LogP contribution < -0.4 is 5.32 Å². The summed E-state index contributed by atoms with van der Waals surface area (Å²) in [5.41, 5.74) is 1.21. The van der Waals surface area contributed by atoms with Crippen molar-refractivity contribution in [3.8, 4) is 12.0 Å². The number of carbonyl (C=O) groups is 1. The first-order valence-electron chi connectivity index (χ1n) is 5.14. The van der Waals surface area contributed by atoms with E-state index in [1.807, 2.05) is 30.3 Å². The van der Waals surface area contributed by atoms with Crippen LogP contribution in [0.25, 0.3) is 0 Å². The highest BCUT2D eigenvalue weighted by Crippen LogP contribution is 1.95. The van der Waals surface area contributed by atoms with Gasteiger partial charge in [-0.25, -0.2) is 0 Å². The van der Waals surface area contributed by atoms with Crippen LogP contribution in [0.2, 0.25) is 0 Å². The summed E-state index contributed by atoms with van der Waals surface area (Å²) in [5, 5.41) is 2.48. The van der Waals surface area contributed by atoms with Crippen LogP contribution in [0.15, 0.2) is 54.7 Å². The maximum absolute atomic E-state index is 11.6. The molecule has 2 rings (SSSR count). The molecular formula is C14H10N2O. The lowest BCUT2D eigenvalue weighted by Gasteiger charge is -1.95. The molecule has 2 aromatic rings. The zero-order valence-electron chi connectivity index (χ0n) is 9.05. The molecular weight excluding hydrogens is 212 g/mol. The van der Waals surface area contributed by atoms with Crippen LogP contribution in [-0.4, -0.2) is 10.9 Å². The van der Waals surface area contributed by atoms with Gasteiger partial charge in [0.15, 0.2) is 0 Å². The van der Waals surface area contributed by atoms with E-state index in [-0.39, 0.29) is 5.91 Å². The highest BCUT2D eigenvalue weighted by molar-refractivity contribution is 5.93. The lowest BCUT2D eigenvalue weighted by Crippen LogP contribution is -2.18. The quantitative estimate of drug-likeness (QED) is 0.590. The molecule has 1 N–H and O–H groups in total. The molecule has 17 heavy (non-hydrogen) atoms. The molecule has 82 valence electrons. The average Bonchev–Trinajstić information content (AvgIpc) is 2.41. The third-order valence-corrected chi connectivity index (χ3v) is 2.05. The van der Waals surface area contributed by atoms with Gasteiger partial charge in [-0.15, -0.1) is 0 Å². The van der Waals surface area contributed by atoms with Gasteiger partial charge in [0.2, 0.25) is 0 Å². The molecule has 1 heterocycles. The molecule has 0 spiro atoms. The van der Waals surface area contributed by atoms with Gasteiger partial charge in [0.05, 0.1) is 0 Å². The molecule has 1 aromatic heterocycles. The van der Waals surface area contributed by atoms with E-state index in [9.17, 15) is 4.79 Å². The van der Waals surface area contributed by atoms with Crippen molar-refractivity contribution >= 4 is 5.91 Å². The van der Waals surface area contributed by atoms with Gasteiger partial charge in [-0.1, -0.05) is 24.3 Å². The van der Waals surface area contributed by atoms with Crippen molar-refractivity contribution in [1.82, 2.24) is 10.3 Å². The minimum atomic E-state index is -0.297. The molecule has 3 nitrogen and oxygen atoms in total. The van der Waals surface area contributed by atoms with Gasteiger partial charge in [0, 0.05) is 17.8 Å². The summed E-state index contributed by atoms with van der Waals surface area (Å²) in [6.07, 6.45) is 1.57. The Bertz CT molecular complexity index is 553. The predicted molar refractivity (Wildman–Crippen MR) is 65.0 cm³/mol. The minimum absolute atomic E-state index is 0.297. The maximum Gasteiger partial charge on any atom is 0.281 e. The zero-order chi connectivity index (χ0) is 11.9. The first-order valence-corrected chi connectivity index (χ1v) is 5.14. The molecule has 0 radical (unpaired) electrons. The maximum atomic E-state index is 11.6. The molecule has 1 amide bonds. The molecule has 0 aliphatic heterocycles. The van der Waals surface area contributed by atoms with Crippen molar-refractivity contribution in [2.24, 2.45) is 0 Å². The number of carbonyl (C=O) groups excluding carboxylic acids is 1. The first-order chi connectivity index (χ1) is 8.36. The van der Waals surface area contributed by atoms with Gasteiger partial charge in [0.25, 0.3) is 5.91 Å². The van der Waals surface area contributed by atoms with Crippen molar-refractivity contribution in [1.29, 1.82) is 0 Å². The summed E-state index contributed by atoms with van der Waals surface area (Å²) in [4.78, 5) is 15.5. The molecule has 0 aliphatic rings. The summed E-state index contributed by atoms with van der Waals surface area (Å²) >= 11 is 0. The summed E-state index contributed by atoms with van der Waals surface area (Å²) in [5.74, 6) is 2.54. The van der Waals surface area contributed by atoms with Crippen LogP contribution in [0.5, 0.6) is 0 Å². The fourth-order valence-electron chi connectivity index (χ4n) is 1.24. The Morgan fingerprint density at radius 2 is 1.82 bits per heavy atom. The van der Waals surface area contributed by atoms with Gasteiger partial charge >= 0.3 is 0 Å². The normalized spacial score (nSPS) is 8.94. The zero-order valence-corrected chi connectivity index (χ0v) is 9.05. The second kappa shape index (κ2) is 5.47. The topological polar surface area (TPSA) is 42.0 Å². The highest BCUT2D eigenvalue weighted by Gasteiger charge is 2.02. The van der Waals surface area contributed by atoms with E-state index >= 15 is 0 Å². The first kappa shape index (κ1) is 10.9. The van der Waals surface area contributed by atoms with E-state index in [0.717, 1.165) is 5.56 Å². The lowest BCUT2D eigenvalue weighted by atomic mass is 10.2. The molecule has 0 saturated heterocycles. The minimum Gasteiger partial charge on any atom is -0.279 e. The number of aromatic nitrogens is 1. The van der Waals surface area contributed by atoms with Gasteiger partial charge in [-0.2, -0.15) is 0 Å². The van der Waals surface area contributed by atoms with E-state index in [0.29, 0.717) is 5.69 Å². The SMILES string of the molecule is O=C(NC#Cc1ccccc1)c1ccccn1. The molecule has 3 heteroatoms. The highest BCUT2D eigenvalue weighted by atomic mass is 16.1. The average molecular weight is 222 g/mol.